The van der Waals surface area contributed by atoms with Crippen molar-refractivity contribution in [3.05, 3.63) is 63.9 Å². The predicted molar refractivity (Wildman–Crippen MR) is 107 cm³/mol. The monoisotopic (exact) mass is 393 g/mol. The highest BCUT2D eigenvalue weighted by molar-refractivity contribution is 6.35. The van der Waals surface area contributed by atoms with Crippen LogP contribution in [0.1, 0.15) is 17.5 Å². The highest BCUT2D eigenvalue weighted by atomic mass is 35.5. The molecule has 0 radical (unpaired) electrons. The van der Waals surface area contributed by atoms with Gasteiger partial charge in [-0.15, -0.1) is 0 Å². The van der Waals surface area contributed by atoms with Crippen LogP contribution in [0.5, 0.6) is 0 Å². The fraction of sp³-hybridized carbons (Fsp3) is 0.450. The van der Waals surface area contributed by atoms with Crippen molar-refractivity contribution in [2.24, 2.45) is 0 Å². The van der Waals surface area contributed by atoms with E-state index in [9.17, 15) is 0 Å². The van der Waals surface area contributed by atoms with Gasteiger partial charge >= 0.3 is 0 Å². The van der Waals surface area contributed by atoms with Crippen molar-refractivity contribution in [2.75, 3.05) is 39.4 Å². The van der Waals surface area contributed by atoms with Crippen molar-refractivity contribution in [1.82, 2.24) is 14.8 Å². The number of halogens is 2. The fourth-order valence-corrected chi connectivity index (χ4v) is 3.66. The Balaban J connectivity index is 1.60. The van der Waals surface area contributed by atoms with Crippen LogP contribution < -0.4 is 0 Å². The average molecular weight is 394 g/mol. The zero-order valence-corrected chi connectivity index (χ0v) is 16.4. The lowest BCUT2D eigenvalue weighted by Crippen LogP contribution is -2.38. The summed E-state index contributed by atoms with van der Waals surface area (Å²) in [5.74, 6) is 0. The van der Waals surface area contributed by atoms with Crippen LogP contribution in [0.4, 0.5) is 0 Å². The maximum Gasteiger partial charge on any atom is 0.0594 e. The van der Waals surface area contributed by atoms with Crippen LogP contribution in [0.3, 0.4) is 0 Å². The molecule has 0 saturated carbocycles. The SMILES string of the molecule is Clc1ccc(CN(CCCN2CCOCC2)Cc2ccncc2)c(Cl)c1. The molecular weight excluding hydrogens is 369 g/mol. The Morgan fingerprint density at radius 1 is 1.04 bits per heavy atom. The van der Waals surface area contributed by atoms with E-state index in [1.54, 1.807) is 0 Å². The standard InChI is InChI=1S/C20H25Cl2N3O/c21-19-3-2-18(20(22)14-19)16-25(15-17-4-6-23-7-5-17)9-1-8-24-10-12-26-13-11-24/h2-7,14H,1,8-13,15-16H2. The molecule has 1 aromatic carbocycles. The Hall–Kier alpha value is -1.17. The lowest BCUT2D eigenvalue weighted by molar-refractivity contribution is 0.0359. The summed E-state index contributed by atoms with van der Waals surface area (Å²) in [6.45, 7) is 7.57. The second-order valence-electron chi connectivity index (χ2n) is 6.61. The van der Waals surface area contributed by atoms with Gasteiger partial charge in [-0.05, 0) is 48.4 Å². The number of pyridine rings is 1. The summed E-state index contributed by atoms with van der Waals surface area (Å²) in [4.78, 5) is 9.02. The van der Waals surface area contributed by atoms with E-state index in [-0.39, 0.29) is 0 Å². The van der Waals surface area contributed by atoms with Gasteiger partial charge in [-0.2, -0.15) is 0 Å². The Kier molecular flexibility index (Phi) is 7.71. The molecule has 1 aliphatic heterocycles. The van der Waals surface area contributed by atoms with Gasteiger partial charge in [0.15, 0.2) is 0 Å². The second kappa shape index (κ2) is 10.2. The van der Waals surface area contributed by atoms with E-state index in [2.05, 4.69) is 26.9 Å². The molecule has 4 nitrogen and oxygen atoms in total. The van der Waals surface area contributed by atoms with Gasteiger partial charge < -0.3 is 4.74 Å². The minimum absolute atomic E-state index is 0.673. The first-order chi connectivity index (χ1) is 12.7. The van der Waals surface area contributed by atoms with E-state index in [1.165, 1.54) is 5.56 Å². The first kappa shape index (κ1) is 19.6. The zero-order valence-electron chi connectivity index (χ0n) is 14.9. The summed E-state index contributed by atoms with van der Waals surface area (Å²) in [7, 11) is 0. The maximum absolute atomic E-state index is 6.39. The van der Waals surface area contributed by atoms with E-state index < -0.39 is 0 Å². The van der Waals surface area contributed by atoms with E-state index in [0.29, 0.717) is 5.02 Å². The van der Waals surface area contributed by atoms with E-state index in [0.717, 1.165) is 69.5 Å². The smallest absolute Gasteiger partial charge is 0.0594 e. The maximum atomic E-state index is 6.39. The summed E-state index contributed by atoms with van der Waals surface area (Å²) in [5, 5.41) is 1.40. The molecule has 3 rings (SSSR count). The number of morpholine rings is 1. The van der Waals surface area contributed by atoms with Crippen LogP contribution in [-0.4, -0.2) is 54.2 Å². The molecule has 1 aromatic heterocycles. The van der Waals surface area contributed by atoms with Gasteiger partial charge in [0, 0.05) is 55.2 Å². The molecule has 26 heavy (non-hydrogen) atoms. The summed E-state index contributed by atoms with van der Waals surface area (Å²) in [6, 6.07) is 9.88. The number of hydrogen-bond acceptors (Lipinski definition) is 4. The summed E-state index contributed by atoms with van der Waals surface area (Å²) >= 11 is 12.4. The van der Waals surface area contributed by atoms with Crippen molar-refractivity contribution in [3.63, 3.8) is 0 Å². The number of aromatic nitrogens is 1. The fourth-order valence-electron chi connectivity index (χ4n) is 3.19. The van der Waals surface area contributed by atoms with Crippen LogP contribution >= 0.6 is 23.2 Å². The Morgan fingerprint density at radius 2 is 1.81 bits per heavy atom. The van der Waals surface area contributed by atoms with Crippen molar-refractivity contribution < 1.29 is 4.74 Å². The topological polar surface area (TPSA) is 28.6 Å². The molecule has 1 saturated heterocycles. The first-order valence-corrected chi connectivity index (χ1v) is 9.81. The molecule has 6 heteroatoms. The number of benzene rings is 1. The quantitative estimate of drug-likeness (QED) is 0.674. The van der Waals surface area contributed by atoms with Crippen LogP contribution in [0.2, 0.25) is 10.0 Å². The molecule has 0 amide bonds. The minimum atomic E-state index is 0.673. The van der Waals surface area contributed by atoms with Gasteiger partial charge in [0.05, 0.1) is 13.2 Å². The van der Waals surface area contributed by atoms with E-state index >= 15 is 0 Å². The average Bonchev–Trinajstić information content (AvgIpc) is 2.65. The zero-order chi connectivity index (χ0) is 18.2. The Bertz CT molecular complexity index is 678. The first-order valence-electron chi connectivity index (χ1n) is 9.06. The van der Waals surface area contributed by atoms with Gasteiger partial charge in [0.2, 0.25) is 0 Å². The molecule has 0 aliphatic carbocycles. The van der Waals surface area contributed by atoms with Crippen LogP contribution in [0.15, 0.2) is 42.7 Å². The van der Waals surface area contributed by atoms with Crippen molar-refractivity contribution >= 4 is 23.2 Å². The third-order valence-electron chi connectivity index (χ3n) is 4.62. The van der Waals surface area contributed by atoms with Crippen molar-refractivity contribution in [1.29, 1.82) is 0 Å². The number of hydrogen-bond donors (Lipinski definition) is 0. The number of ether oxygens (including phenoxy) is 1. The second-order valence-corrected chi connectivity index (χ2v) is 7.45. The van der Waals surface area contributed by atoms with Crippen LogP contribution in [0, 0.1) is 0 Å². The molecule has 2 aromatic rings. The summed E-state index contributed by atoms with van der Waals surface area (Å²) in [5.41, 5.74) is 2.37. The number of rotatable bonds is 8. The van der Waals surface area contributed by atoms with Gasteiger partial charge in [0.1, 0.15) is 0 Å². The van der Waals surface area contributed by atoms with Gasteiger partial charge in [-0.1, -0.05) is 29.3 Å². The molecule has 0 N–H and O–H groups in total. The lowest BCUT2D eigenvalue weighted by atomic mass is 10.1. The lowest BCUT2D eigenvalue weighted by Gasteiger charge is -2.28. The van der Waals surface area contributed by atoms with Gasteiger partial charge in [-0.25, -0.2) is 0 Å². The van der Waals surface area contributed by atoms with Gasteiger partial charge in [-0.3, -0.25) is 14.8 Å². The Labute approximate surface area is 165 Å². The largest absolute Gasteiger partial charge is 0.379 e. The molecular formula is C20H25Cl2N3O. The molecule has 1 aliphatic rings. The van der Waals surface area contributed by atoms with Crippen molar-refractivity contribution in [2.45, 2.75) is 19.5 Å². The molecule has 0 bridgehead atoms. The predicted octanol–water partition coefficient (Wildman–Crippen LogP) is 4.11. The van der Waals surface area contributed by atoms with Crippen LogP contribution in [0.25, 0.3) is 0 Å². The molecule has 0 atom stereocenters. The third kappa shape index (κ3) is 6.22. The summed E-state index contributed by atoms with van der Waals surface area (Å²) in [6.07, 6.45) is 4.81. The third-order valence-corrected chi connectivity index (χ3v) is 5.20. The van der Waals surface area contributed by atoms with Crippen LogP contribution in [-0.2, 0) is 17.8 Å². The number of nitrogens with zero attached hydrogens (tertiary/aromatic N) is 3. The molecule has 1 fully saturated rings. The van der Waals surface area contributed by atoms with Crippen molar-refractivity contribution in [3.8, 4) is 0 Å². The Morgan fingerprint density at radius 3 is 2.54 bits per heavy atom. The summed E-state index contributed by atoms with van der Waals surface area (Å²) < 4.78 is 5.42. The van der Waals surface area contributed by atoms with E-state index in [1.807, 2.05) is 30.6 Å². The van der Waals surface area contributed by atoms with E-state index in [4.69, 9.17) is 27.9 Å². The highest BCUT2D eigenvalue weighted by Crippen LogP contribution is 2.23. The molecule has 2 heterocycles. The minimum Gasteiger partial charge on any atom is -0.379 e. The molecule has 140 valence electrons. The molecule has 0 spiro atoms. The molecule has 0 unspecified atom stereocenters. The normalized spacial score (nSPS) is 15.5. The van der Waals surface area contributed by atoms with Gasteiger partial charge in [0.25, 0.3) is 0 Å². The highest BCUT2D eigenvalue weighted by Gasteiger charge is 2.13.